The van der Waals surface area contributed by atoms with Gasteiger partial charge in [0.15, 0.2) is 0 Å². The van der Waals surface area contributed by atoms with Crippen LogP contribution in [0.15, 0.2) is 0 Å². The highest BCUT2D eigenvalue weighted by atomic mass is 79.9. The second-order valence-electron chi connectivity index (χ2n) is 3.64. The maximum atomic E-state index is 11.7. The van der Waals surface area contributed by atoms with Crippen molar-refractivity contribution in [3.8, 4) is 0 Å². The first-order chi connectivity index (χ1) is 6.56. The van der Waals surface area contributed by atoms with Gasteiger partial charge < -0.3 is 0 Å². The van der Waals surface area contributed by atoms with Crippen LogP contribution in [0.4, 0.5) is 0 Å². The number of piperidine rings is 1. The van der Waals surface area contributed by atoms with E-state index in [1.54, 1.807) is 0 Å². The first kappa shape index (κ1) is 12.4. The van der Waals surface area contributed by atoms with Crippen molar-refractivity contribution in [1.82, 2.24) is 9.03 Å². The molecule has 1 atom stereocenters. The lowest BCUT2D eigenvalue weighted by molar-refractivity contribution is 0.340. The Kier molecular flexibility index (Phi) is 4.82. The van der Waals surface area contributed by atoms with Crippen LogP contribution in [0.3, 0.4) is 0 Å². The Morgan fingerprint density at radius 1 is 1.36 bits per heavy atom. The molecule has 1 unspecified atom stereocenters. The number of alkyl halides is 1. The molecule has 0 aromatic carbocycles. The van der Waals surface area contributed by atoms with E-state index in [1.807, 2.05) is 6.92 Å². The smallest absolute Gasteiger partial charge is 0.198 e. The maximum Gasteiger partial charge on any atom is 0.279 e. The van der Waals surface area contributed by atoms with Gasteiger partial charge in [-0.1, -0.05) is 22.4 Å². The Labute approximate surface area is 94.4 Å². The molecule has 0 bridgehead atoms. The summed E-state index contributed by atoms with van der Waals surface area (Å²) in [7, 11) is -3.24. The molecule has 1 aliphatic rings. The summed E-state index contributed by atoms with van der Waals surface area (Å²) in [6, 6.07) is -0.0538. The Morgan fingerprint density at radius 2 is 1.93 bits per heavy atom. The summed E-state index contributed by atoms with van der Waals surface area (Å²) in [5, 5.41) is 0.639. The summed E-state index contributed by atoms with van der Waals surface area (Å²) in [5.41, 5.74) is 0. The summed E-state index contributed by atoms with van der Waals surface area (Å²) >= 11 is 3.25. The topological polar surface area (TPSA) is 49.4 Å². The normalized spacial score (nSPS) is 22.1. The number of hydrogen-bond donors (Lipinski definition) is 1. The molecule has 4 nitrogen and oxygen atoms in total. The lowest BCUT2D eigenvalue weighted by Gasteiger charge is -2.27. The maximum absolute atomic E-state index is 11.7. The summed E-state index contributed by atoms with van der Waals surface area (Å²) < 4.78 is 27.7. The van der Waals surface area contributed by atoms with Crippen LogP contribution in [0.25, 0.3) is 0 Å². The zero-order valence-corrected chi connectivity index (χ0v) is 10.8. The molecule has 1 saturated heterocycles. The third-order valence-corrected chi connectivity index (χ3v) is 4.95. The fourth-order valence-electron chi connectivity index (χ4n) is 1.47. The van der Waals surface area contributed by atoms with Crippen molar-refractivity contribution in [3.05, 3.63) is 0 Å². The number of nitrogens with one attached hydrogen (secondary N) is 1. The molecular weight excluding hydrogens is 268 g/mol. The summed E-state index contributed by atoms with van der Waals surface area (Å²) in [6.07, 6.45) is 3.09. The molecule has 0 aromatic rings. The molecule has 0 spiro atoms. The van der Waals surface area contributed by atoms with Gasteiger partial charge in [-0.3, -0.25) is 0 Å². The molecule has 1 aliphatic heterocycles. The van der Waals surface area contributed by atoms with E-state index in [2.05, 4.69) is 20.7 Å². The van der Waals surface area contributed by atoms with Crippen molar-refractivity contribution in [2.75, 3.05) is 18.4 Å². The van der Waals surface area contributed by atoms with Crippen molar-refractivity contribution in [1.29, 1.82) is 0 Å². The predicted molar refractivity (Wildman–Crippen MR) is 60.7 cm³/mol. The Hall–Kier alpha value is 0.350. The second-order valence-corrected chi connectivity index (χ2v) is 5.99. The van der Waals surface area contributed by atoms with Gasteiger partial charge >= 0.3 is 0 Å². The SMILES string of the molecule is CC(CBr)NS(=O)(=O)N1CCCCC1. The molecule has 0 radical (unpaired) electrons. The summed E-state index contributed by atoms with van der Waals surface area (Å²) in [5.74, 6) is 0. The minimum absolute atomic E-state index is 0.0538. The molecule has 0 aromatic heterocycles. The van der Waals surface area contributed by atoms with Crippen molar-refractivity contribution in [3.63, 3.8) is 0 Å². The Bertz CT molecular complexity index is 263. The largest absolute Gasteiger partial charge is 0.279 e. The van der Waals surface area contributed by atoms with Crippen LogP contribution in [0.5, 0.6) is 0 Å². The van der Waals surface area contributed by atoms with Crippen molar-refractivity contribution < 1.29 is 8.42 Å². The van der Waals surface area contributed by atoms with E-state index in [4.69, 9.17) is 0 Å². The standard InChI is InChI=1S/C8H17BrN2O2S/c1-8(7-9)10-14(12,13)11-5-3-2-4-6-11/h8,10H,2-7H2,1H3. The van der Waals surface area contributed by atoms with Crippen LogP contribution >= 0.6 is 15.9 Å². The third kappa shape index (κ3) is 3.49. The quantitative estimate of drug-likeness (QED) is 0.786. The van der Waals surface area contributed by atoms with Crippen LogP contribution in [0.2, 0.25) is 0 Å². The van der Waals surface area contributed by atoms with E-state index in [9.17, 15) is 8.42 Å². The first-order valence-electron chi connectivity index (χ1n) is 4.89. The lowest BCUT2D eigenvalue weighted by atomic mass is 10.2. The van der Waals surface area contributed by atoms with Gasteiger partial charge in [-0.2, -0.15) is 17.4 Å². The highest BCUT2D eigenvalue weighted by molar-refractivity contribution is 9.09. The van der Waals surface area contributed by atoms with Crippen molar-refractivity contribution >= 4 is 26.1 Å². The predicted octanol–water partition coefficient (Wildman–Crippen LogP) is 1.09. The van der Waals surface area contributed by atoms with Gasteiger partial charge in [-0.05, 0) is 19.8 Å². The van der Waals surface area contributed by atoms with Crippen LogP contribution < -0.4 is 4.72 Å². The molecule has 6 heteroatoms. The van der Waals surface area contributed by atoms with Crippen LogP contribution in [-0.2, 0) is 10.2 Å². The van der Waals surface area contributed by atoms with E-state index in [1.165, 1.54) is 4.31 Å². The molecule has 84 valence electrons. The average Bonchev–Trinajstić information content (AvgIpc) is 2.18. The van der Waals surface area contributed by atoms with Crippen LogP contribution in [-0.4, -0.2) is 37.2 Å². The van der Waals surface area contributed by atoms with Crippen LogP contribution in [0.1, 0.15) is 26.2 Å². The fraction of sp³-hybridized carbons (Fsp3) is 1.00. The molecule has 14 heavy (non-hydrogen) atoms. The number of halogens is 1. The molecule has 1 heterocycles. The van der Waals surface area contributed by atoms with Gasteiger partial charge in [0.05, 0.1) is 0 Å². The van der Waals surface area contributed by atoms with Gasteiger partial charge in [0.1, 0.15) is 0 Å². The van der Waals surface area contributed by atoms with Crippen molar-refractivity contribution in [2.45, 2.75) is 32.2 Å². The first-order valence-corrected chi connectivity index (χ1v) is 7.46. The molecule has 0 saturated carbocycles. The Balaban J connectivity index is 2.54. The monoisotopic (exact) mass is 284 g/mol. The third-order valence-electron chi connectivity index (χ3n) is 2.24. The van der Waals surface area contributed by atoms with Gasteiger partial charge in [0.2, 0.25) is 0 Å². The minimum atomic E-state index is -3.24. The highest BCUT2D eigenvalue weighted by Crippen LogP contribution is 2.12. The molecule has 1 fully saturated rings. The summed E-state index contributed by atoms with van der Waals surface area (Å²) in [4.78, 5) is 0. The van der Waals surface area contributed by atoms with Gasteiger partial charge in [-0.25, -0.2) is 0 Å². The molecular formula is C8H17BrN2O2S. The minimum Gasteiger partial charge on any atom is -0.198 e. The number of nitrogens with zero attached hydrogens (tertiary/aromatic N) is 1. The zero-order chi connectivity index (χ0) is 10.6. The average molecular weight is 285 g/mol. The molecule has 0 aliphatic carbocycles. The lowest BCUT2D eigenvalue weighted by Crippen LogP contribution is -2.46. The van der Waals surface area contributed by atoms with E-state index in [0.29, 0.717) is 18.4 Å². The molecule has 1 N–H and O–H groups in total. The highest BCUT2D eigenvalue weighted by Gasteiger charge is 2.24. The zero-order valence-electron chi connectivity index (χ0n) is 8.37. The Morgan fingerprint density at radius 3 is 2.43 bits per heavy atom. The second kappa shape index (κ2) is 5.44. The number of hydrogen-bond acceptors (Lipinski definition) is 2. The van der Waals surface area contributed by atoms with E-state index in [0.717, 1.165) is 19.3 Å². The molecule has 1 rings (SSSR count). The van der Waals surface area contributed by atoms with Crippen molar-refractivity contribution in [2.24, 2.45) is 0 Å². The molecule has 0 amide bonds. The number of rotatable bonds is 4. The van der Waals surface area contributed by atoms with E-state index >= 15 is 0 Å². The van der Waals surface area contributed by atoms with Gasteiger partial charge in [0.25, 0.3) is 10.2 Å². The fourth-order valence-corrected chi connectivity index (χ4v) is 3.32. The van der Waals surface area contributed by atoms with Gasteiger partial charge in [-0.15, -0.1) is 0 Å². The van der Waals surface area contributed by atoms with Gasteiger partial charge in [0, 0.05) is 24.5 Å². The van der Waals surface area contributed by atoms with E-state index in [-0.39, 0.29) is 6.04 Å². The van der Waals surface area contributed by atoms with Crippen LogP contribution in [0, 0.1) is 0 Å². The van der Waals surface area contributed by atoms with E-state index < -0.39 is 10.2 Å². The summed E-state index contributed by atoms with van der Waals surface area (Å²) in [6.45, 7) is 3.16.